The molecular formula is C67H116O6. The van der Waals surface area contributed by atoms with Crippen molar-refractivity contribution in [3.8, 4) is 0 Å². The largest absolute Gasteiger partial charge is 0.462 e. The topological polar surface area (TPSA) is 78.9 Å². The summed E-state index contributed by atoms with van der Waals surface area (Å²) in [5, 5.41) is 0. The highest BCUT2D eigenvalue weighted by atomic mass is 16.6. The Morgan fingerprint density at radius 3 is 0.863 bits per heavy atom. The molecule has 6 heteroatoms. The second-order valence-electron chi connectivity index (χ2n) is 20.6. The SMILES string of the molecule is CC/C=C\C/C=C\C/C=C\C/C=C\C/C=C\CCCCCC(=O)OC(COC(=O)CCCCCCC/C=C\CCCCCCCC)COC(=O)CCCCCCCCCCC/C=C\CCCCCCCCCC. The molecule has 0 aromatic carbocycles. The molecule has 0 rings (SSSR count). The molecule has 0 aromatic heterocycles. The first-order valence-corrected chi connectivity index (χ1v) is 31.1. The summed E-state index contributed by atoms with van der Waals surface area (Å²) in [6.07, 6.45) is 80.1. The van der Waals surface area contributed by atoms with Crippen LogP contribution in [0.5, 0.6) is 0 Å². The van der Waals surface area contributed by atoms with Gasteiger partial charge in [0.15, 0.2) is 6.10 Å². The highest BCUT2D eigenvalue weighted by Crippen LogP contribution is 2.15. The van der Waals surface area contributed by atoms with Gasteiger partial charge in [-0.3, -0.25) is 14.4 Å². The Morgan fingerprint density at radius 1 is 0.288 bits per heavy atom. The maximum absolute atomic E-state index is 12.9. The summed E-state index contributed by atoms with van der Waals surface area (Å²) >= 11 is 0. The van der Waals surface area contributed by atoms with Crippen LogP contribution in [0.25, 0.3) is 0 Å². The molecule has 0 amide bonds. The molecule has 0 aliphatic rings. The average Bonchev–Trinajstić information content (AvgIpc) is 3.39. The fourth-order valence-corrected chi connectivity index (χ4v) is 8.69. The minimum Gasteiger partial charge on any atom is -0.462 e. The van der Waals surface area contributed by atoms with Gasteiger partial charge in [-0.05, 0) is 116 Å². The van der Waals surface area contributed by atoms with Gasteiger partial charge in [-0.15, -0.1) is 0 Å². The number of esters is 3. The van der Waals surface area contributed by atoms with E-state index in [1.807, 2.05) is 0 Å². The zero-order valence-corrected chi connectivity index (χ0v) is 48.1. The number of hydrogen-bond donors (Lipinski definition) is 0. The van der Waals surface area contributed by atoms with Crippen LogP contribution in [0.3, 0.4) is 0 Å². The predicted octanol–water partition coefficient (Wildman–Crippen LogP) is 21.1. The molecule has 0 bridgehead atoms. The van der Waals surface area contributed by atoms with Gasteiger partial charge < -0.3 is 14.2 Å². The van der Waals surface area contributed by atoms with E-state index in [9.17, 15) is 14.4 Å². The van der Waals surface area contributed by atoms with Crippen molar-refractivity contribution in [3.05, 3.63) is 85.1 Å². The van der Waals surface area contributed by atoms with Crippen LogP contribution in [0, 0.1) is 0 Å². The molecule has 1 atom stereocenters. The Morgan fingerprint density at radius 2 is 0.534 bits per heavy atom. The Labute approximate surface area is 452 Å². The van der Waals surface area contributed by atoms with E-state index in [1.54, 1.807) is 0 Å². The summed E-state index contributed by atoms with van der Waals surface area (Å²) in [5.41, 5.74) is 0. The van der Waals surface area contributed by atoms with Crippen LogP contribution in [0.1, 0.15) is 303 Å². The molecule has 0 aromatic rings. The van der Waals surface area contributed by atoms with E-state index in [4.69, 9.17) is 14.2 Å². The first-order chi connectivity index (χ1) is 36.0. The quantitative estimate of drug-likeness (QED) is 0.0261. The molecule has 0 fully saturated rings. The normalized spacial score (nSPS) is 12.6. The lowest BCUT2D eigenvalue weighted by Gasteiger charge is -2.18. The van der Waals surface area contributed by atoms with Crippen molar-refractivity contribution in [3.63, 3.8) is 0 Å². The third-order valence-corrected chi connectivity index (χ3v) is 13.4. The predicted molar refractivity (Wildman–Crippen MR) is 316 cm³/mol. The molecule has 0 saturated heterocycles. The molecule has 420 valence electrons. The highest BCUT2D eigenvalue weighted by molar-refractivity contribution is 5.71. The van der Waals surface area contributed by atoms with Gasteiger partial charge in [-0.1, -0.05) is 254 Å². The molecular weight excluding hydrogens is 901 g/mol. The van der Waals surface area contributed by atoms with Crippen molar-refractivity contribution in [2.45, 2.75) is 309 Å². The Hall–Kier alpha value is -3.41. The zero-order chi connectivity index (χ0) is 52.9. The van der Waals surface area contributed by atoms with Crippen LogP contribution in [0.4, 0.5) is 0 Å². The molecule has 0 radical (unpaired) electrons. The minimum absolute atomic E-state index is 0.0929. The van der Waals surface area contributed by atoms with Gasteiger partial charge in [-0.2, -0.15) is 0 Å². The summed E-state index contributed by atoms with van der Waals surface area (Å²) in [6.45, 7) is 6.51. The fraction of sp³-hybridized carbons (Fsp3) is 0.746. The van der Waals surface area contributed by atoms with Crippen LogP contribution in [0.2, 0.25) is 0 Å². The summed E-state index contributed by atoms with van der Waals surface area (Å²) in [7, 11) is 0. The molecule has 1 unspecified atom stereocenters. The van der Waals surface area contributed by atoms with Crippen molar-refractivity contribution in [2.24, 2.45) is 0 Å². The number of carbonyl (C=O) groups excluding carboxylic acids is 3. The summed E-state index contributed by atoms with van der Waals surface area (Å²) in [5.74, 6) is -0.926. The highest BCUT2D eigenvalue weighted by Gasteiger charge is 2.19. The number of rotatable bonds is 56. The van der Waals surface area contributed by atoms with Crippen molar-refractivity contribution in [2.75, 3.05) is 13.2 Å². The standard InChI is InChI=1S/C67H116O6/c1-4-7-10-13-16-19-22-25-28-30-32-33-35-36-39-42-45-48-51-54-57-60-66(69)72-63-64(62-71-65(68)59-56-53-50-47-44-41-38-27-24-21-18-15-12-9-6-3)73-67(70)61-58-55-52-49-46-43-40-37-34-31-29-26-23-20-17-14-11-8-5-2/h8,11,17,20,26-27,29-30,32,34,37-38,43,46,64H,4-7,9-10,12-16,18-19,21-25,28,31,33,35-36,39-42,44-45,47-63H2,1-3H3/b11-8-,20-17-,29-26-,32-30-,37-34-,38-27-,46-43-. The molecule has 0 N–H and O–H groups in total. The lowest BCUT2D eigenvalue weighted by Crippen LogP contribution is -2.30. The van der Waals surface area contributed by atoms with Gasteiger partial charge in [0.2, 0.25) is 0 Å². The number of ether oxygens (including phenoxy) is 3. The average molecular weight is 1020 g/mol. The van der Waals surface area contributed by atoms with Crippen molar-refractivity contribution >= 4 is 17.9 Å². The smallest absolute Gasteiger partial charge is 0.306 e. The van der Waals surface area contributed by atoms with Gasteiger partial charge in [0.05, 0.1) is 0 Å². The number of allylic oxidation sites excluding steroid dienone is 14. The third-order valence-electron chi connectivity index (χ3n) is 13.4. The van der Waals surface area contributed by atoms with Crippen LogP contribution in [-0.4, -0.2) is 37.2 Å². The Bertz CT molecular complexity index is 1400. The Balaban J connectivity index is 4.42. The number of hydrogen-bond acceptors (Lipinski definition) is 6. The molecule has 0 saturated carbocycles. The van der Waals surface area contributed by atoms with Crippen LogP contribution in [0.15, 0.2) is 85.1 Å². The summed E-state index contributed by atoms with van der Waals surface area (Å²) in [4.78, 5) is 38.3. The van der Waals surface area contributed by atoms with Crippen molar-refractivity contribution < 1.29 is 28.6 Å². The first kappa shape index (κ1) is 69.6. The van der Waals surface area contributed by atoms with Crippen LogP contribution < -0.4 is 0 Å². The second-order valence-corrected chi connectivity index (χ2v) is 20.6. The van der Waals surface area contributed by atoms with Crippen molar-refractivity contribution in [1.82, 2.24) is 0 Å². The summed E-state index contributed by atoms with van der Waals surface area (Å²) < 4.78 is 16.9. The number of unbranched alkanes of at least 4 members (excludes halogenated alkanes) is 31. The van der Waals surface area contributed by atoms with Crippen molar-refractivity contribution in [1.29, 1.82) is 0 Å². The molecule has 0 spiro atoms. The van der Waals surface area contributed by atoms with Gasteiger partial charge in [-0.25, -0.2) is 0 Å². The van der Waals surface area contributed by atoms with Gasteiger partial charge >= 0.3 is 17.9 Å². The van der Waals surface area contributed by atoms with E-state index in [2.05, 4.69) is 106 Å². The lowest BCUT2D eigenvalue weighted by atomic mass is 10.1. The molecule has 6 nitrogen and oxygen atoms in total. The van der Waals surface area contributed by atoms with E-state index in [0.29, 0.717) is 12.8 Å². The molecule has 0 heterocycles. The molecule has 0 aliphatic carbocycles. The first-order valence-electron chi connectivity index (χ1n) is 31.1. The van der Waals surface area contributed by atoms with Crippen LogP contribution >= 0.6 is 0 Å². The zero-order valence-electron chi connectivity index (χ0n) is 48.1. The maximum atomic E-state index is 12.9. The Kier molecular flexibility index (Phi) is 58.3. The van der Waals surface area contributed by atoms with E-state index in [-0.39, 0.29) is 37.5 Å². The summed E-state index contributed by atoms with van der Waals surface area (Å²) in [6, 6.07) is 0. The number of carbonyl (C=O) groups is 3. The van der Waals surface area contributed by atoms with E-state index >= 15 is 0 Å². The third kappa shape index (κ3) is 59.3. The van der Waals surface area contributed by atoms with E-state index < -0.39 is 6.10 Å². The maximum Gasteiger partial charge on any atom is 0.306 e. The van der Waals surface area contributed by atoms with E-state index in [1.165, 1.54) is 161 Å². The molecule has 0 aliphatic heterocycles. The molecule has 73 heavy (non-hydrogen) atoms. The van der Waals surface area contributed by atoms with Gasteiger partial charge in [0, 0.05) is 19.3 Å². The minimum atomic E-state index is -0.799. The van der Waals surface area contributed by atoms with E-state index in [0.717, 1.165) is 103 Å². The lowest BCUT2D eigenvalue weighted by molar-refractivity contribution is -0.167. The fourth-order valence-electron chi connectivity index (χ4n) is 8.69. The monoisotopic (exact) mass is 1020 g/mol. The van der Waals surface area contributed by atoms with Gasteiger partial charge in [0.25, 0.3) is 0 Å². The second kappa shape index (κ2) is 61.1. The van der Waals surface area contributed by atoms with Gasteiger partial charge in [0.1, 0.15) is 13.2 Å². The van der Waals surface area contributed by atoms with Crippen LogP contribution in [-0.2, 0) is 28.6 Å².